The summed E-state index contributed by atoms with van der Waals surface area (Å²) < 4.78 is 12.6. The Hall–Kier alpha value is -3.76. The number of nitrogens with zero attached hydrogens (tertiary/aromatic N) is 1. The van der Waals surface area contributed by atoms with E-state index in [4.69, 9.17) is 32.7 Å². The quantitative estimate of drug-likeness (QED) is 0.153. The molecule has 0 radical (unpaired) electrons. The number of nitriles is 1. The van der Waals surface area contributed by atoms with Crippen LogP contribution in [0, 0.1) is 11.3 Å². The second-order valence-corrected chi connectivity index (χ2v) is 9.92. The van der Waals surface area contributed by atoms with Crippen LogP contribution in [0.4, 0.5) is 5.69 Å². The number of ether oxygens (including phenoxy) is 2. The average molecular weight is 608 g/mol. The molecule has 5 nitrogen and oxygen atoms in total. The molecule has 4 rings (SSSR count). The molecule has 0 unspecified atom stereocenters. The highest BCUT2D eigenvalue weighted by atomic mass is 79.9. The Bertz CT molecular complexity index is 1480. The smallest absolute Gasteiger partial charge is 0.266 e. The lowest BCUT2D eigenvalue weighted by atomic mass is 10.1. The molecule has 1 N–H and O–H groups in total. The second-order valence-electron chi connectivity index (χ2n) is 8.16. The van der Waals surface area contributed by atoms with Crippen LogP contribution < -0.4 is 14.8 Å². The molecule has 0 aliphatic heterocycles. The molecular weight excluding hydrogens is 587 g/mol. The van der Waals surface area contributed by atoms with Gasteiger partial charge in [-0.3, -0.25) is 4.79 Å². The fourth-order valence-electron chi connectivity index (χ4n) is 3.36. The maximum absolute atomic E-state index is 12.7. The van der Waals surface area contributed by atoms with Crippen molar-refractivity contribution < 1.29 is 14.3 Å². The predicted octanol–water partition coefficient (Wildman–Crippen LogP) is 8.46. The number of hydrogen-bond donors (Lipinski definition) is 1. The summed E-state index contributed by atoms with van der Waals surface area (Å²) in [6.45, 7) is 0.712. The van der Waals surface area contributed by atoms with Gasteiger partial charge in [-0.2, -0.15) is 5.26 Å². The number of nitrogens with one attached hydrogen (secondary N) is 1. The van der Waals surface area contributed by atoms with E-state index in [1.165, 1.54) is 6.08 Å². The molecule has 4 aromatic rings. The van der Waals surface area contributed by atoms with Crippen LogP contribution in [0.1, 0.15) is 16.7 Å². The molecule has 0 heterocycles. The van der Waals surface area contributed by atoms with Crippen molar-refractivity contribution in [1.29, 1.82) is 5.26 Å². The molecule has 0 saturated heterocycles. The fraction of sp³-hybridized carbons (Fsp3) is 0.0667. The molecule has 1 amide bonds. The van der Waals surface area contributed by atoms with Gasteiger partial charge in [0.25, 0.3) is 5.91 Å². The molecule has 4 aromatic carbocycles. The number of rotatable bonds is 9. The minimum absolute atomic E-state index is 0.0258. The lowest BCUT2D eigenvalue weighted by Crippen LogP contribution is -2.13. The first-order valence-electron chi connectivity index (χ1n) is 11.5. The van der Waals surface area contributed by atoms with Gasteiger partial charge in [0.05, 0.1) is 0 Å². The van der Waals surface area contributed by atoms with Gasteiger partial charge in [0, 0.05) is 25.8 Å². The van der Waals surface area contributed by atoms with E-state index in [1.54, 1.807) is 60.7 Å². The first-order valence-corrected chi connectivity index (χ1v) is 13.0. The Morgan fingerprint density at radius 2 is 1.50 bits per heavy atom. The van der Waals surface area contributed by atoms with Crippen LogP contribution in [-0.4, -0.2) is 5.91 Å². The van der Waals surface area contributed by atoms with Gasteiger partial charge >= 0.3 is 0 Å². The lowest BCUT2D eigenvalue weighted by molar-refractivity contribution is -0.112. The Kier molecular flexibility index (Phi) is 9.45. The number of carbonyl (C=O) groups excluding carboxylic acids is 1. The van der Waals surface area contributed by atoms with Gasteiger partial charge in [0.15, 0.2) is 0 Å². The number of amides is 1. The van der Waals surface area contributed by atoms with E-state index < -0.39 is 5.91 Å². The van der Waals surface area contributed by atoms with Crippen LogP contribution in [0.3, 0.4) is 0 Å². The number of anilines is 1. The first kappa shape index (κ1) is 27.3. The third-order valence-corrected chi connectivity index (χ3v) is 6.51. The van der Waals surface area contributed by atoms with Crippen LogP contribution in [-0.2, 0) is 18.0 Å². The van der Waals surface area contributed by atoms with Crippen LogP contribution in [0.25, 0.3) is 6.08 Å². The Balaban J connectivity index is 1.32. The standard InChI is InChI=1S/C30H21BrCl2N2O3/c31-24-6-1-21(2-7-24)18-37-28-13-9-26(10-14-28)35-30(36)23(17-34)15-20-3-11-27(12-4-20)38-19-22-5-8-25(32)16-29(22)33/h1-16H,18-19H2,(H,35,36)/b23-15+. The van der Waals surface area contributed by atoms with E-state index in [2.05, 4.69) is 21.2 Å². The van der Waals surface area contributed by atoms with Crippen LogP contribution in [0.15, 0.2) is 101 Å². The van der Waals surface area contributed by atoms with E-state index in [-0.39, 0.29) is 12.2 Å². The third-order valence-electron chi connectivity index (χ3n) is 5.40. The van der Waals surface area contributed by atoms with Gasteiger partial charge < -0.3 is 14.8 Å². The minimum Gasteiger partial charge on any atom is -0.489 e. The zero-order valence-corrected chi connectivity index (χ0v) is 23.1. The second kappa shape index (κ2) is 13.2. The SMILES string of the molecule is N#C/C(=C\c1ccc(OCc2ccc(Cl)cc2Cl)cc1)C(=O)Nc1ccc(OCc2ccc(Br)cc2)cc1. The van der Waals surface area contributed by atoms with Crippen molar-refractivity contribution >= 4 is 56.8 Å². The van der Waals surface area contributed by atoms with Gasteiger partial charge in [-0.1, -0.05) is 69.5 Å². The van der Waals surface area contributed by atoms with Gasteiger partial charge in [-0.25, -0.2) is 0 Å². The summed E-state index contributed by atoms with van der Waals surface area (Å²) in [7, 11) is 0. The molecular formula is C30H21BrCl2N2O3. The lowest BCUT2D eigenvalue weighted by Gasteiger charge is -2.09. The summed E-state index contributed by atoms with van der Waals surface area (Å²) in [5.74, 6) is 0.787. The first-order chi connectivity index (χ1) is 18.4. The van der Waals surface area contributed by atoms with Crippen molar-refractivity contribution in [3.05, 3.63) is 128 Å². The summed E-state index contributed by atoms with van der Waals surface area (Å²) in [5.41, 5.74) is 3.07. The van der Waals surface area contributed by atoms with Crippen molar-refractivity contribution in [1.82, 2.24) is 0 Å². The maximum Gasteiger partial charge on any atom is 0.266 e. The molecule has 0 spiro atoms. The zero-order chi connectivity index (χ0) is 26.9. The average Bonchev–Trinajstić information content (AvgIpc) is 2.92. The summed E-state index contributed by atoms with van der Waals surface area (Å²) in [6, 6.07) is 29.1. The van der Waals surface area contributed by atoms with E-state index in [0.717, 1.165) is 15.6 Å². The zero-order valence-electron chi connectivity index (χ0n) is 20.0. The van der Waals surface area contributed by atoms with Crippen molar-refractivity contribution in [2.24, 2.45) is 0 Å². The van der Waals surface area contributed by atoms with Gasteiger partial charge in [-0.15, -0.1) is 0 Å². The summed E-state index contributed by atoms with van der Waals surface area (Å²) in [4.78, 5) is 12.7. The van der Waals surface area contributed by atoms with Crippen LogP contribution >= 0.6 is 39.1 Å². The number of carbonyl (C=O) groups is 1. The van der Waals surface area contributed by atoms with E-state index in [0.29, 0.717) is 39.4 Å². The summed E-state index contributed by atoms with van der Waals surface area (Å²) in [5, 5.41) is 13.4. The highest BCUT2D eigenvalue weighted by Crippen LogP contribution is 2.24. The Labute approximate surface area is 239 Å². The molecule has 0 bridgehead atoms. The molecule has 190 valence electrons. The van der Waals surface area contributed by atoms with Crippen molar-refractivity contribution in [2.45, 2.75) is 13.2 Å². The van der Waals surface area contributed by atoms with Gasteiger partial charge in [0.1, 0.15) is 36.4 Å². The highest BCUT2D eigenvalue weighted by Gasteiger charge is 2.10. The van der Waals surface area contributed by atoms with Gasteiger partial charge in [-0.05, 0) is 77.9 Å². The normalized spacial score (nSPS) is 10.9. The van der Waals surface area contributed by atoms with Crippen molar-refractivity contribution in [3.63, 3.8) is 0 Å². The third kappa shape index (κ3) is 7.87. The van der Waals surface area contributed by atoms with E-state index >= 15 is 0 Å². The van der Waals surface area contributed by atoms with Crippen molar-refractivity contribution in [2.75, 3.05) is 5.32 Å². The summed E-state index contributed by atoms with van der Waals surface area (Å²) in [6.07, 6.45) is 1.52. The predicted molar refractivity (Wildman–Crippen MR) is 154 cm³/mol. The molecule has 8 heteroatoms. The molecule has 0 fully saturated rings. The molecule has 0 aliphatic rings. The fourth-order valence-corrected chi connectivity index (χ4v) is 4.08. The van der Waals surface area contributed by atoms with Crippen molar-refractivity contribution in [3.8, 4) is 17.6 Å². The molecule has 0 aromatic heterocycles. The van der Waals surface area contributed by atoms with Crippen LogP contribution in [0.2, 0.25) is 10.0 Å². The monoisotopic (exact) mass is 606 g/mol. The molecule has 0 aliphatic carbocycles. The van der Waals surface area contributed by atoms with E-state index in [9.17, 15) is 10.1 Å². The Morgan fingerprint density at radius 3 is 2.13 bits per heavy atom. The largest absolute Gasteiger partial charge is 0.489 e. The minimum atomic E-state index is -0.506. The summed E-state index contributed by atoms with van der Waals surface area (Å²) >= 11 is 15.5. The molecule has 38 heavy (non-hydrogen) atoms. The Morgan fingerprint density at radius 1 is 0.868 bits per heavy atom. The van der Waals surface area contributed by atoms with Gasteiger partial charge in [0.2, 0.25) is 0 Å². The number of halogens is 3. The highest BCUT2D eigenvalue weighted by molar-refractivity contribution is 9.10. The number of benzene rings is 4. The molecule has 0 saturated carbocycles. The topological polar surface area (TPSA) is 71.3 Å². The maximum atomic E-state index is 12.7. The van der Waals surface area contributed by atoms with Crippen LogP contribution in [0.5, 0.6) is 11.5 Å². The van der Waals surface area contributed by atoms with E-state index in [1.807, 2.05) is 36.4 Å². The molecule has 0 atom stereocenters. The number of hydrogen-bond acceptors (Lipinski definition) is 4.